The van der Waals surface area contributed by atoms with Gasteiger partial charge in [0.05, 0.1) is 6.54 Å². The number of aryl methyl sites for hydroxylation is 1. The molecule has 0 saturated carbocycles. The van der Waals surface area contributed by atoms with Crippen LogP contribution in [0.25, 0.3) is 0 Å². The summed E-state index contributed by atoms with van der Waals surface area (Å²) in [5.41, 5.74) is 0. The molecule has 0 aliphatic carbocycles. The van der Waals surface area contributed by atoms with Crippen molar-refractivity contribution >= 4 is 10.8 Å². The second kappa shape index (κ2) is 5.97. The van der Waals surface area contributed by atoms with Crippen molar-refractivity contribution in [3.63, 3.8) is 0 Å². The molecule has 86 valence electrons. The van der Waals surface area contributed by atoms with Crippen LogP contribution in [0.2, 0.25) is 0 Å². The highest BCUT2D eigenvalue weighted by atomic mass is 32.2. The van der Waals surface area contributed by atoms with Crippen LogP contribution in [0.3, 0.4) is 0 Å². The van der Waals surface area contributed by atoms with E-state index in [4.69, 9.17) is 0 Å². The highest BCUT2D eigenvalue weighted by Crippen LogP contribution is 1.97. The van der Waals surface area contributed by atoms with E-state index in [1.165, 1.54) is 0 Å². The lowest BCUT2D eigenvalue weighted by Crippen LogP contribution is -2.22. The summed E-state index contributed by atoms with van der Waals surface area (Å²) >= 11 is 0. The van der Waals surface area contributed by atoms with E-state index < -0.39 is 10.8 Å². The Morgan fingerprint density at radius 1 is 1.67 bits per heavy atom. The van der Waals surface area contributed by atoms with Gasteiger partial charge in [0.2, 0.25) is 0 Å². The second-order valence-corrected chi connectivity index (χ2v) is 5.38. The van der Waals surface area contributed by atoms with Crippen LogP contribution in [-0.2, 0) is 24.4 Å². The second-order valence-electron chi connectivity index (χ2n) is 3.57. The van der Waals surface area contributed by atoms with Gasteiger partial charge in [-0.15, -0.1) is 0 Å². The molecule has 1 aromatic rings. The number of nitrogens with one attached hydrogen (secondary N) is 1. The fourth-order valence-corrected chi connectivity index (χ4v) is 1.60. The quantitative estimate of drug-likeness (QED) is 0.702. The molecule has 0 aliphatic rings. The van der Waals surface area contributed by atoms with Crippen molar-refractivity contribution in [2.75, 3.05) is 12.8 Å². The Morgan fingerprint density at radius 2 is 2.40 bits per heavy atom. The van der Waals surface area contributed by atoms with E-state index in [9.17, 15) is 4.21 Å². The van der Waals surface area contributed by atoms with Crippen molar-refractivity contribution in [1.29, 1.82) is 0 Å². The van der Waals surface area contributed by atoms with Gasteiger partial charge in [-0.05, 0) is 13.0 Å². The van der Waals surface area contributed by atoms with Gasteiger partial charge in [-0.1, -0.05) is 6.92 Å². The summed E-state index contributed by atoms with van der Waals surface area (Å²) in [6.45, 7) is 3.56. The van der Waals surface area contributed by atoms with Crippen LogP contribution in [-0.4, -0.2) is 37.0 Å². The van der Waals surface area contributed by atoms with Gasteiger partial charge in [-0.25, -0.2) is 4.98 Å². The molecule has 2 unspecified atom stereocenters. The van der Waals surface area contributed by atoms with Crippen molar-refractivity contribution in [2.45, 2.75) is 25.1 Å². The molecular formula is C9H18N4OS. The maximum Gasteiger partial charge on any atom is 0.140 e. The lowest BCUT2D eigenvalue weighted by Gasteiger charge is -2.08. The lowest BCUT2D eigenvalue weighted by molar-refractivity contribution is 0.590. The lowest BCUT2D eigenvalue weighted by atomic mass is 10.3. The fourth-order valence-electron chi connectivity index (χ4n) is 1.15. The molecule has 2 atom stereocenters. The molecule has 6 heteroatoms. The van der Waals surface area contributed by atoms with E-state index in [-0.39, 0.29) is 5.25 Å². The van der Waals surface area contributed by atoms with Crippen molar-refractivity contribution in [3.8, 4) is 0 Å². The monoisotopic (exact) mass is 230 g/mol. The minimum absolute atomic E-state index is 0.247. The third-order valence-corrected chi connectivity index (χ3v) is 3.75. The summed E-state index contributed by atoms with van der Waals surface area (Å²) in [5, 5.41) is 7.48. The summed E-state index contributed by atoms with van der Waals surface area (Å²) in [5.74, 6) is 0.917. The highest BCUT2D eigenvalue weighted by Gasteiger charge is 2.05. The first-order valence-corrected chi connectivity index (χ1v) is 6.59. The Kier molecular flexibility index (Phi) is 4.90. The molecule has 5 nitrogen and oxygen atoms in total. The van der Waals surface area contributed by atoms with Crippen LogP contribution < -0.4 is 5.32 Å². The Morgan fingerprint density at radius 3 is 2.93 bits per heavy atom. The van der Waals surface area contributed by atoms with Gasteiger partial charge in [-0.3, -0.25) is 8.89 Å². The van der Waals surface area contributed by atoms with Crippen molar-refractivity contribution in [2.24, 2.45) is 7.05 Å². The third kappa shape index (κ3) is 4.09. The third-order valence-electron chi connectivity index (χ3n) is 2.38. The normalized spacial score (nSPS) is 15.1. The van der Waals surface area contributed by atoms with Gasteiger partial charge in [0.1, 0.15) is 12.2 Å². The minimum Gasteiger partial charge on any atom is -0.310 e. The number of hydrogen-bond donors (Lipinski definition) is 1. The van der Waals surface area contributed by atoms with Crippen molar-refractivity contribution in [3.05, 3.63) is 12.2 Å². The van der Waals surface area contributed by atoms with Crippen LogP contribution in [0.5, 0.6) is 0 Å². The Labute approximate surface area is 92.7 Å². The predicted octanol–water partition coefficient (Wildman–Crippen LogP) is 0.0618. The first kappa shape index (κ1) is 12.3. The van der Waals surface area contributed by atoms with E-state index in [1.54, 1.807) is 17.3 Å². The van der Waals surface area contributed by atoms with Crippen molar-refractivity contribution in [1.82, 2.24) is 20.1 Å². The van der Waals surface area contributed by atoms with Gasteiger partial charge in [0.15, 0.2) is 0 Å². The molecule has 1 rings (SSSR count). The zero-order chi connectivity index (χ0) is 11.3. The predicted molar refractivity (Wildman–Crippen MR) is 60.9 cm³/mol. The molecule has 0 aromatic carbocycles. The van der Waals surface area contributed by atoms with Gasteiger partial charge in [0, 0.05) is 29.4 Å². The van der Waals surface area contributed by atoms with Crippen LogP contribution in [0, 0.1) is 0 Å². The van der Waals surface area contributed by atoms with Gasteiger partial charge < -0.3 is 5.32 Å². The van der Waals surface area contributed by atoms with E-state index >= 15 is 0 Å². The molecule has 1 heterocycles. The van der Waals surface area contributed by atoms with Gasteiger partial charge in [-0.2, -0.15) is 5.10 Å². The van der Waals surface area contributed by atoms with Crippen LogP contribution >= 0.6 is 0 Å². The zero-order valence-corrected chi connectivity index (χ0v) is 10.3. The molecular weight excluding hydrogens is 212 g/mol. The summed E-state index contributed by atoms with van der Waals surface area (Å²) in [7, 11) is 1.14. The average molecular weight is 230 g/mol. The Hall–Kier alpha value is -0.750. The molecule has 0 aliphatic heterocycles. The van der Waals surface area contributed by atoms with Crippen LogP contribution in [0.1, 0.15) is 19.2 Å². The standard InChI is InChI=1S/C9H18N4OS/c1-8(15(3)14)4-5-10-6-9-11-7-12-13(9)2/h7-8,10H,4-6H2,1-3H3. The highest BCUT2D eigenvalue weighted by molar-refractivity contribution is 7.84. The zero-order valence-electron chi connectivity index (χ0n) is 9.43. The Bertz CT molecular complexity index is 326. The average Bonchev–Trinajstić information content (AvgIpc) is 2.58. The van der Waals surface area contributed by atoms with Gasteiger partial charge in [0.25, 0.3) is 0 Å². The SMILES string of the molecule is CC(CCNCc1ncnn1C)S(C)=O. The van der Waals surface area contributed by atoms with Gasteiger partial charge >= 0.3 is 0 Å². The first-order valence-electron chi connectivity index (χ1n) is 4.97. The van der Waals surface area contributed by atoms with Crippen LogP contribution in [0.15, 0.2) is 6.33 Å². The smallest absolute Gasteiger partial charge is 0.140 e. The molecule has 0 radical (unpaired) electrons. The summed E-state index contributed by atoms with van der Waals surface area (Å²) in [4.78, 5) is 4.10. The number of aromatic nitrogens is 3. The molecule has 0 bridgehead atoms. The van der Waals surface area contributed by atoms with Crippen molar-refractivity contribution < 1.29 is 4.21 Å². The fraction of sp³-hybridized carbons (Fsp3) is 0.778. The van der Waals surface area contributed by atoms with Crippen LogP contribution in [0.4, 0.5) is 0 Å². The summed E-state index contributed by atoms with van der Waals surface area (Å²) < 4.78 is 12.8. The van der Waals surface area contributed by atoms with E-state index in [2.05, 4.69) is 15.4 Å². The van der Waals surface area contributed by atoms with E-state index in [0.29, 0.717) is 6.54 Å². The van der Waals surface area contributed by atoms with E-state index in [1.807, 2.05) is 14.0 Å². The minimum atomic E-state index is -0.728. The molecule has 1 N–H and O–H groups in total. The first-order chi connectivity index (χ1) is 7.11. The molecule has 0 spiro atoms. The Balaban J connectivity index is 2.17. The molecule has 1 aromatic heterocycles. The molecule has 0 saturated heterocycles. The summed E-state index contributed by atoms with van der Waals surface area (Å²) in [6.07, 6.45) is 4.20. The molecule has 0 amide bonds. The van der Waals surface area contributed by atoms with E-state index in [0.717, 1.165) is 18.8 Å². The largest absolute Gasteiger partial charge is 0.310 e. The maximum atomic E-state index is 11.1. The molecule has 0 fully saturated rings. The maximum absolute atomic E-state index is 11.1. The topological polar surface area (TPSA) is 59.8 Å². The number of nitrogens with zero attached hydrogens (tertiary/aromatic N) is 3. The number of rotatable bonds is 6. The summed E-state index contributed by atoms with van der Waals surface area (Å²) in [6, 6.07) is 0. The number of hydrogen-bond acceptors (Lipinski definition) is 4. The molecule has 15 heavy (non-hydrogen) atoms.